The average molecular weight is 819 g/mol. The summed E-state index contributed by atoms with van der Waals surface area (Å²) in [5, 5.41) is 61.0. The lowest BCUT2D eigenvalue weighted by Crippen LogP contribution is -2.40. The van der Waals surface area contributed by atoms with Crippen molar-refractivity contribution < 1.29 is 25.5 Å². The molecule has 5 N–H and O–H groups in total. The van der Waals surface area contributed by atoms with Gasteiger partial charge in [-0.3, -0.25) is 0 Å². The quantitative estimate of drug-likeness (QED) is 0.166. The van der Waals surface area contributed by atoms with Crippen molar-refractivity contribution in [3.8, 4) is 73.5 Å². The van der Waals surface area contributed by atoms with E-state index >= 15 is 0 Å². The Bertz CT molecular complexity index is 3650. The predicted molar refractivity (Wildman–Crippen MR) is 273 cm³/mol. The molecule has 65 heavy (non-hydrogen) atoms. The normalized spacial score (nSPS) is 11.7. The summed E-state index contributed by atoms with van der Waals surface area (Å²) in [7, 11) is 59.7. The van der Waals surface area contributed by atoms with Crippen LogP contribution in [0.15, 0.2) is 103 Å². The number of aromatic hydroxyl groups is 5. The second-order valence-corrected chi connectivity index (χ2v) is 16.1. The molecule has 0 spiro atoms. The zero-order chi connectivity index (χ0) is 46.1. The van der Waals surface area contributed by atoms with Crippen LogP contribution >= 0.6 is 0 Å². The summed E-state index contributed by atoms with van der Waals surface area (Å²) in [6.07, 6.45) is 0. The van der Waals surface area contributed by atoms with Crippen LogP contribution in [0.4, 0.5) is 0 Å². The minimum atomic E-state index is -0.725. The third-order valence-corrected chi connectivity index (χ3v) is 12.5. The van der Waals surface area contributed by atoms with Crippen LogP contribution in [-0.2, 0) is 0 Å². The van der Waals surface area contributed by atoms with Gasteiger partial charge in [0.15, 0.2) is 0 Å². The summed E-state index contributed by atoms with van der Waals surface area (Å²) in [5.41, 5.74) is 3.47. The number of phenolic OH excluding ortho intramolecular Hbond substituents is 5. The molecule has 7 nitrogen and oxygen atoms in total. The van der Waals surface area contributed by atoms with E-state index in [-0.39, 0.29) is 92.9 Å². The van der Waals surface area contributed by atoms with Gasteiger partial charge < -0.3 is 34.7 Å². The van der Waals surface area contributed by atoms with E-state index in [9.17, 15) is 25.5 Å². The minimum Gasteiger partial charge on any atom is -0.508 e. The molecular formula is C49H25B9N2O5. The monoisotopic (exact) mass is 820 g/mol. The van der Waals surface area contributed by atoms with Gasteiger partial charge in [0.2, 0.25) is 0 Å². The summed E-state index contributed by atoms with van der Waals surface area (Å²) in [6.45, 7) is 1.62. The van der Waals surface area contributed by atoms with Crippen LogP contribution in [0.5, 0.6) is 28.7 Å². The molecule has 0 saturated carbocycles. The first-order valence-corrected chi connectivity index (χ1v) is 20.2. The molecule has 0 bridgehead atoms. The first-order valence-electron chi connectivity index (χ1n) is 20.2. The SMILES string of the molecule is [B]c1ccc(-n2c3c([B])c(C)c([B])c(O)c3c3c(O)c(-c4c([B])c([B])c5c(c4O)c4c(O)c([B])c([B])c([B])c4n5-c4cc(-c5ccccc5)cc(-c5ccccc5)c4)c(O)c([B])c32)cc1. The molecule has 0 fully saturated rings. The molecule has 10 rings (SSSR count). The smallest absolute Gasteiger partial charge is 0.137 e. The van der Waals surface area contributed by atoms with Crippen LogP contribution in [0, 0.1) is 6.92 Å². The molecule has 288 valence electrons. The Labute approximate surface area is 385 Å². The highest BCUT2D eigenvalue weighted by molar-refractivity contribution is 6.63. The second kappa shape index (κ2) is 15.0. The maximum atomic E-state index is 12.8. The maximum absolute atomic E-state index is 12.8. The van der Waals surface area contributed by atoms with Gasteiger partial charge in [-0.1, -0.05) is 117 Å². The van der Waals surface area contributed by atoms with Crippen molar-refractivity contribution in [3.05, 3.63) is 109 Å². The van der Waals surface area contributed by atoms with E-state index < -0.39 is 34.3 Å². The third kappa shape index (κ3) is 5.88. The number of phenols is 5. The van der Waals surface area contributed by atoms with Crippen molar-refractivity contribution in [2.45, 2.75) is 6.92 Å². The fourth-order valence-corrected chi connectivity index (χ4v) is 9.22. The van der Waals surface area contributed by atoms with Gasteiger partial charge in [0.25, 0.3) is 0 Å². The van der Waals surface area contributed by atoms with Crippen molar-refractivity contribution in [2.24, 2.45) is 0 Å². The van der Waals surface area contributed by atoms with Gasteiger partial charge in [-0.2, -0.15) is 0 Å². The molecule has 0 unspecified atom stereocenters. The summed E-state index contributed by atoms with van der Waals surface area (Å²) in [4.78, 5) is 0. The third-order valence-electron chi connectivity index (χ3n) is 12.5. The molecule has 10 aromatic rings. The van der Waals surface area contributed by atoms with Crippen molar-refractivity contribution >= 4 is 163 Å². The van der Waals surface area contributed by atoms with Crippen molar-refractivity contribution in [1.82, 2.24) is 9.13 Å². The van der Waals surface area contributed by atoms with E-state index in [0.29, 0.717) is 22.4 Å². The summed E-state index contributed by atoms with van der Waals surface area (Å²) in [6, 6.07) is 31.7. The predicted octanol–water partition coefficient (Wildman–Crippen LogP) is 0.862. The summed E-state index contributed by atoms with van der Waals surface area (Å²) in [5.74, 6) is -3.05. The van der Waals surface area contributed by atoms with Gasteiger partial charge in [-0.05, 0) is 65.0 Å². The fourth-order valence-electron chi connectivity index (χ4n) is 9.22. The van der Waals surface area contributed by atoms with Gasteiger partial charge in [0.05, 0.1) is 49.2 Å². The number of hydrogen-bond acceptors (Lipinski definition) is 5. The van der Waals surface area contributed by atoms with E-state index in [0.717, 1.165) is 22.3 Å². The van der Waals surface area contributed by atoms with E-state index in [2.05, 4.69) is 0 Å². The number of fused-ring (bicyclic) bond motifs is 6. The molecule has 0 atom stereocenters. The number of aromatic nitrogens is 2. The molecule has 16 heteroatoms. The largest absolute Gasteiger partial charge is 0.508 e. The topological polar surface area (TPSA) is 111 Å². The highest BCUT2D eigenvalue weighted by atomic mass is 16.3. The fraction of sp³-hybridized carbons (Fsp3) is 0.0204. The lowest BCUT2D eigenvalue weighted by Gasteiger charge is -2.21. The molecule has 0 amide bonds. The lowest BCUT2D eigenvalue weighted by atomic mass is 9.70. The Hall–Kier alpha value is -7.06. The van der Waals surface area contributed by atoms with Crippen LogP contribution < -0.4 is 49.2 Å². The number of rotatable bonds is 5. The van der Waals surface area contributed by atoms with Gasteiger partial charge in [-0.15, -0.1) is 5.46 Å². The summed E-state index contributed by atoms with van der Waals surface area (Å²) >= 11 is 0. The molecule has 2 heterocycles. The molecule has 8 aromatic carbocycles. The molecule has 0 aliphatic heterocycles. The highest BCUT2D eigenvalue weighted by Crippen LogP contribution is 2.51. The van der Waals surface area contributed by atoms with E-state index in [1.54, 1.807) is 40.3 Å². The van der Waals surface area contributed by atoms with Crippen LogP contribution in [0.25, 0.3) is 88.4 Å². The number of nitrogens with zero attached hydrogens (tertiary/aromatic N) is 2. The Morgan fingerprint density at radius 2 is 0.769 bits per heavy atom. The number of hydrogen-bond donors (Lipinski definition) is 5. The van der Waals surface area contributed by atoms with Gasteiger partial charge in [0, 0.05) is 16.9 Å². The average Bonchev–Trinajstić information content (AvgIpc) is 3.88. The van der Waals surface area contributed by atoms with Crippen molar-refractivity contribution in [2.75, 3.05) is 0 Å². The van der Waals surface area contributed by atoms with Crippen LogP contribution in [0.2, 0.25) is 0 Å². The standard InChI is InChI=1S/C49H25B9N2O5/c1-19-33(51)41-30(47(63)34(19)52)29-44(59(41)25-14-12-24(50)13-15-25)40(58)49(65)32(46(29)62)27-35(53)37(55)42-28(45(27)61)31-43(38(56)36(54)39(57)48(31)64)60(42)26-17-22(20-8-4-2-5-9-20)16-23(18-26)21-10-6-3-7-11-21/h2-18,61-65H,1H3. The molecule has 0 aliphatic carbocycles. The lowest BCUT2D eigenvalue weighted by molar-refractivity contribution is 0.457. The zero-order valence-corrected chi connectivity index (χ0v) is 34.6. The van der Waals surface area contributed by atoms with Gasteiger partial charge in [0.1, 0.15) is 99.4 Å². The maximum Gasteiger partial charge on any atom is 0.137 e. The van der Waals surface area contributed by atoms with Crippen LogP contribution in [0.3, 0.4) is 0 Å². The first-order chi connectivity index (χ1) is 31.0. The highest BCUT2D eigenvalue weighted by Gasteiger charge is 2.33. The Balaban J connectivity index is 1.37. The summed E-state index contributed by atoms with van der Waals surface area (Å²) < 4.78 is 3.19. The van der Waals surface area contributed by atoms with E-state index in [4.69, 9.17) is 70.6 Å². The number of benzene rings is 8. The van der Waals surface area contributed by atoms with Crippen LogP contribution in [-0.4, -0.2) is 105 Å². The second-order valence-electron chi connectivity index (χ2n) is 16.1. The zero-order valence-electron chi connectivity index (χ0n) is 34.6. The Morgan fingerprint density at radius 3 is 1.31 bits per heavy atom. The molecule has 0 aliphatic rings. The van der Waals surface area contributed by atoms with E-state index in [1.165, 1.54) is 0 Å². The minimum absolute atomic E-state index is 0.0206. The molecule has 2 aromatic heterocycles. The first kappa shape index (κ1) is 41.9. The Kier molecular flexibility index (Phi) is 9.69. The van der Waals surface area contributed by atoms with Crippen LogP contribution in [0.1, 0.15) is 5.56 Å². The Morgan fingerprint density at radius 1 is 0.338 bits per heavy atom. The molecule has 18 radical (unpaired) electrons. The van der Waals surface area contributed by atoms with Crippen molar-refractivity contribution in [3.63, 3.8) is 0 Å². The molecular weight excluding hydrogens is 794 g/mol. The van der Waals surface area contributed by atoms with E-state index in [1.807, 2.05) is 78.9 Å². The van der Waals surface area contributed by atoms with Gasteiger partial charge in [-0.25, -0.2) is 0 Å². The molecule has 0 saturated heterocycles. The van der Waals surface area contributed by atoms with Gasteiger partial charge >= 0.3 is 0 Å². The van der Waals surface area contributed by atoms with Crippen molar-refractivity contribution in [1.29, 1.82) is 0 Å².